The fraction of sp³-hybridized carbons (Fsp3) is 0.250. The predicted molar refractivity (Wildman–Crippen MR) is 95.2 cm³/mol. The highest BCUT2D eigenvalue weighted by Crippen LogP contribution is 2.57. The number of aliphatic hydroxyl groups excluding tert-OH is 2. The van der Waals surface area contributed by atoms with E-state index >= 15 is 0 Å². The summed E-state index contributed by atoms with van der Waals surface area (Å²) in [5, 5.41) is 33.2. The lowest BCUT2D eigenvalue weighted by molar-refractivity contribution is -0.246. The SMILES string of the molecule is OC[C@H](O)Cn1cc(-c2cc(F)cc3c2-c2ccccc2[C@]3(O)C(F)(F)F)cn1. The highest BCUT2D eigenvalue weighted by Gasteiger charge is 2.61. The van der Waals surface area contributed by atoms with Crippen molar-refractivity contribution >= 4 is 0 Å². The van der Waals surface area contributed by atoms with E-state index < -0.39 is 35.9 Å². The quantitative estimate of drug-likeness (QED) is 0.581. The molecule has 5 nitrogen and oxygen atoms in total. The van der Waals surface area contributed by atoms with Crippen molar-refractivity contribution in [3.63, 3.8) is 0 Å². The molecule has 0 aliphatic heterocycles. The lowest BCUT2D eigenvalue weighted by Crippen LogP contribution is -2.41. The van der Waals surface area contributed by atoms with E-state index in [1.807, 2.05) is 0 Å². The summed E-state index contributed by atoms with van der Waals surface area (Å²) in [6.07, 6.45) is -3.37. The summed E-state index contributed by atoms with van der Waals surface area (Å²) in [4.78, 5) is 0. The van der Waals surface area contributed by atoms with Gasteiger partial charge in [-0.1, -0.05) is 24.3 Å². The molecule has 0 radical (unpaired) electrons. The number of hydrogen-bond donors (Lipinski definition) is 3. The van der Waals surface area contributed by atoms with Crippen molar-refractivity contribution in [3.8, 4) is 22.3 Å². The number of alkyl halides is 3. The largest absolute Gasteiger partial charge is 0.425 e. The van der Waals surface area contributed by atoms with E-state index in [0.29, 0.717) is 11.6 Å². The van der Waals surface area contributed by atoms with Crippen molar-refractivity contribution in [2.24, 2.45) is 0 Å². The molecule has 0 fully saturated rings. The minimum Gasteiger partial charge on any atom is -0.394 e. The summed E-state index contributed by atoms with van der Waals surface area (Å²) in [5.41, 5.74) is -3.60. The molecule has 0 saturated heterocycles. The lowest BCUT2D eigenvalue weighted by atomic mass is 9.89. The van der Waals surface area contributed by atoms with Gasteiger partial charge in [0.1, 0.15) is 5.82 Å². The molecule has 0 unspecified atom stereocenters. The minimum atomic E-state index is -5.06. The van der Waals surface area contributed by atoms with E-state index in [9.17, 15) is 27.8 Å². The number of hydrogen-bond acceptors (Lipinski definition) is 4. The van der Waals surface area contributed by atoms with Crippen LogP contribution < -0.4 is 0 Å². The third-order valence-corrected chi connectivity index (χ3v) is 5.04. The summed E-state index contributed by atoms with van der Waals surface area (Å²) in [6, 6.07) is 7.32. The Bertz CT molecular complexity index is 1080. The van der Waals surface area contributed by atoms with Gasteiger partial charge in [-0.05, 0) is 28.8 Å². The molecule has 29 heavy (non-hydrogen) atoms. The molecule has 0 saturated carbocycles. The summed E-state index contributed by atoms with van der Waals surface area (Å²) < 4.78 is 57.4. The Balaban J connectivity index is 1.95. The molecule has 2 atom stereocenters. The molecule has 0 amide bonds. The van der Waals surface area contributed by atoms with E-state index in [4.69, 9.17) is 5.11 Å². The number of rotatable bonds is 4. The second-order valence-corrected chi connectivity index (χ2v) is 6.92. The van der Waals surface area contributed by atoms with Crippen LogP contribution in [-0.2, 0) is 12.1 Å². The van der Waals surface area contributed by atoms with Gasteiger partial charge < -0.3 is 15.3 Å². The molecule has 3 aromatic rings. The molecule has 1 heterocycles. The summed E-state index contributed by atoms with van der Waals surface area (Å²) >= 11 is 0. The van der Waals surface area contributed by atoms with Crippen molar-refractivity contribution in [2.45, 2.75) is 24.4 Å². The first-order valence-corrected chi connectivity index (χ1v) is 8.71. The van der Waals surface area contributed by atoms with Gasteiger partial charge in [0.2, 0.25) is 5.60 Å². The van der Waals surface area contributed by atoms with Crippen LogP contribution in [-0.4, -0.2) is 44.0 Å². The van der Waals surface area contributed by atoms with Gasteiger partial charge in [-0.15, -0.1) is 0 Å². The molecular weight excluding hydrogens is 392 g/mol. The number of aliphatic hydroxyl groups is 3. The van der Waals surface area contributed by atoms with Crippen LogP contribution >= 0.6 is 0 Å². The van der Waals surface area contributed by atoms with E-state index in [1.54, 1.807) is 6.07 Å². The fourth-order valence-electron chi connectivity index (χ4n) is 3.75. The smallest absolute Gasteiger partial charge is 0.394 e. The summed E-state index contributed by atoms with van der Waals surface area (Å²) in [5.74, 6) is -0.933. The number of fused-ring (bicyclic) bond motifs is 3. The van der Waals surface area contributed by atoms with Crippen LogP contribution in [0.15, 0.2) is 48.8 Å². The molecule has 1 aliphatic carbocycles. The zero-order valence-electron chi connectivity index (χ0n) is 14.9. The molecule has 3 N–H and O–H groups in total. The average molecular weight is 408 g/mol. The average Bonchev–Trinajstić information content (AvgIpc) is 3.23. The fourth-order valence-corrected chi connectivity index (χ4v) is 3.75. The molecule has 1 aliphatic rings. The zero-order chi connectivity index (χ0) is 21.0. The van der Waals surface area contributed by atoms with E-state index in [1.165, 1.54) is 35.3 Å². The van der Waals surface area contributed by atoms with E-state index in [2.05, 4.69) is 5.10 Å². The van der Waals surface area contributed by atoms with Gasteiger partial charge in [-0.25, -0.2) is 4.39 Å². The number of nitrogens with zero attached hydrogens (tertiary/aromatic N) is 2. The molecule has 9 heteroatoms. The Kier molecular flexibility index (Phi) is 4.49. The van der Waals surface area contributed by atoms with Crippen LogP contribution in [0, 0.1) is 5.82 Å². The summed E-state index contributed by atoms with van der Waals surface area (Å²) in [7, 11) is 0. The second-order valence-electron chi connectivity index (χ2n) is 6.92. The maximum Gasteiger partial charge on any atom is 0.425 e. The third kappa shape index (κ3) is 2.93. The highest BCUT2D eigenvalue weighted by atomic mass is 19.4. The van der Waals surface area contributed by atoms with Crippen LogP contribution in [0.1, 0.15) is 11.1 Å². The number of halogens is 4. The van der Waals surface area contributed by atoms with E-state index in [-0.39, 0.29) is 28.8 Å². The van der Waals surface area contributed by atoms with Crippen molar-refractivity contribution in [1.29, 1.82) is 0 Å². The van der Waals surface area contributed by atoms with Crippen molar-refractivity contribution in [3.05, 3.63) is 65.7 Å². The van der Waals surface area contributed by atoms with Crippen LogP contribution in [0.5, 0.6) is 0 Å². The van der Waals surface area contributed by atoms with Crippen molar-refractivity contribution < 1.29 is 32.9 Å². The molecule has 0 bridgehead atoms. The van der Waals surface area contributed by atoms with Crippen molar-refractivity contribution in [1.82, 2.24) is 9.78 Å². The Morgan fingerprint density at radius 1 is 1.10 bits per heavy atom. The Morgan fingerprint density at radius 3 is 2.52 bits per heavy atom. The van der Waals surface area contributed by atoms with Crippen LogP contribution in [0.2, 0.25) is 0 Å². The first-order valence-electron chi connectivity index (χ1n) is 8.71. The van der Waals surface area contributed by atoms with Gasteiger partial charge >= 0.3 is 6.18 Å². The second kappa shape index (κ2) is 6.65. The van der Waals surface area contributed by atoms with Gasteiger partial charge in [-0.2, -0.15) is 18.3 Å². The monoisotopic (exact) mass is 408 g/mol. The molecule has 2 aromatic carbocycles. The maximum atomic E-state index is 14.4. The Labute approximate surface area is 162 Å². The van der Waals surface area contributed by atoms with Gasteiger partial charge in [0.15, 0.2) is 0 Å². The van der Waals surface area contributed by atoms with Crippen LogP contribution in [0.25, 0.3) is 22.3 Å². The third-order valence-electron chi connectivity index (χ3n) is 5.04. The number of benzene rings is 2. The van der Waals surface area contributed by atoms with Gasteiger partial charge in [-0.3, -0.25) is 4.68 Å². The standard InChI is InChI=1S/C20H16F4N2O3/c21-12-5-15(11-7-25-26(8-11)9-13(28)10-27)18-14-3-1-2-4-16(14)19(29,17(18)6-12)20(22,23)24/h1-8,13,27-29H,9-10H2/t13-,19-/m1/s1. The first kappa shape index (κ1) is 19.6. The zero-order valence-corrected chi connectivity index (χ0v) is 14.9. The van der Waals surface area contributed by atoms with Crippen LogP contribution in [0.4, 0.5) is 17.6 Å². The highest BCUT2D eigenvalue weighted by molar-refractivity contribution is 5.92. The topological polar surface area (TPSA) is 78.5 Å². The van der Waals surface area contributed by atoms with Crippen LogP contribution in [0.3, 0.4) is 0 Å². The predicted octanol–water partition coefficient (Wildman–Crippen LogP) is 2.82. The molecule has 1 aromatic heterocycles. The van der Waals surface area contributed by atoms with Gasteiger partial charge in [0, 0.05) is 22.9 Å². The molecule has 4 rings (SSSR count). The molecular formula is C20H16F4N2O3. The maximum absolute atomic E-state index is 14.4. The Hall–Kier alpha value is -2.75. The van der Waals surface area contributed by atoms with Gasteiger partial charge in [0.25, 0.3) is 0 Å². The molecule has 0 spiro atoms. The lowest BCUT2D eigenvalue weighted by Gasteiger charge is -2.28. The van der Waals surface area contributed by atoms with Crippen molar-refractivity contribution in [2.75, 3.05) is 6.61 Å². The van der Waals surface area contributed by atoms with E-state index in [0.717, 1.165) is 6.07 Å². The minimum absolute atomic E-state index is 0.0446. The number of aromatic nitrogens is 2. The summed E-state index contributed by atoms with van der Waals surface area (Å²) in [6.45, 7) is -0.534. The van der Waals surface area contributed by atoms with Gasteiger partial charge in [0.05, 0.1) is 25.5 Å². The first-order chi connectivity index (χ1) is 13.7. The Morgan fingerprint density at radius 2 is 1.83 bits per heavy atom. The molecule has 152 valence electrons. The normalized spacial score (nSPS) is 19.1.